The standard InChI is InChI=1S/C16H20N2O3.C8H6BrNO2.C7H13NO2/c1-12-11-19-15-3-2-13(10-14(15)17-12)18-6-4-16(5-7-18)20-8-9-21-16;9-5-1-2-7-6(3-5)10-8(11)4-12-7;1-3-8-4-2-7(1)9-5-6-10-7/h2-3,10,17H,1,4-9,11H2;1-3H,4H2,(H,10,11);8H,1-6H2. The molecule has 8 rings (SSSR count). The maximum atomic E-state index is 10.9. The summed E-state index contributed by atoms with van der Waals surface area (Å²) in [5.74, 6) is 0.992. The van der Waals surface area contributed by atoms with E-state index in [0.29, 0.717) is 6.61 Å². The third-order valence-corrected chi connectivity index (χ3v) is 8.63. The number of nitrogens with zero attached hydrogens (tertiary/aromatic N) is 1. The molecule has 4 saturated heterocycles. The minimum Gasteiger partial charge on any atom is -0.485 e. The Balaban J connectivity index is 0.000000126. The van der Waals surface area contributed by atoms with Crippen LogP contribution in [0.5, 0.6) is 11.5 Å². The van der Waals surface area contributed by atoms with E-state index in [0.717, 1.165) is 111 Å². The van der Waals surface area contributed by atoms with E-state index < -0.39 is 0 Å². The zero-order valence-electron chi connectivity index (χ0n) is 24.3. The van der Waals surface area contributed by atoms with Gasteiger partial charge in [-0.2, -0.15) is 0 Å². The molecule has 0 radical (unpaired) electrons. The van der Waals surface area contributed by atoms with Gasteiger partial charge in [0, 0.05) is 67.7 Å². The number of ether oxygens (including phenoxy) is 6. The van der Waals surface area contributed by atoms with Crippen LogP contribution in [-0.4, -0.2) is 83.3 Å². The van der Waals surface area contributed by atoms with E-state index in [1.807, 2.05) is 24.3 Å². The van der Waals surface area contributed by atoms with E-state index in [1.54, 1.807) is 0 Å². The first-order chi connectivity index (χ1) is 20.9. The summed E-state index contributed by atoms with van der Waals surface area (Å²) in [5, 5.41) is 9.28. The lowest BCUT2D eigenvalue weighted by Crippen LogP contribution is -2.45. The normalized spacial score (nSPS) is 22.9. The van der Waals surface area contributed by atoms with Crippen molar-refractivity contribution >= 4 is 38.9 Å². The molecule has 11 nitrogen and oxygen atoms in total. The number of fused-ring (bicyclic) bond motifs is 2. The molecule has 43 heavy (non-hydrogen) atoms. The molecule has 2 spiro atoms. The number of piperidine rings is 2. The Morgan fingerprint density at radius 2 is 1.33 bits per heavy atom. The molecule has 0 saturated carbocycles. The molecule has 0 atom stereocenters. The maximum Gasteiger partial charge on any atom is 0.262 e. The van der Waals surface area contributed by atoms with Crippen LogP contribution in [0.25, 0.3) is 0 Å². The van der Waals surface area contributed by atoms with Gasteiger partial charge in [-0.3, -0.25) is 4.79 Å². The summed E-state index contributed by atoms with van der Waals surface area (Å²) in [6, 6.07) is 11.8. The summed E-state index contributed by atoms with van der Waals surface area (Å²) in [7, 11) is 0. The van der Waals surface area contributed by atoms with Crippen LogP contribution < -0.4 is 30.3 Å². The lowest BCUT2D eigenvalue weighted by atomic mass is 10.0. The largest absolute Gasteiger partial charge is 0.485 e. The molecule has 2 aromatic rings. The van der Waals surface area contributed by atoms with Gasteiger partial charge in [-0.1, -0.05) is 22.5 Å². The zero-order chi connectivity index (χ0) is 29.7. The van der Waals surface area contributed by atoms with Gasteiger partial charge in [0.05, 0.1) is 37.8 Å². The van der Waals surface area contributed by atoms with Crippen molar-refractivity contribution in [2.75, 3.05) is 81.4 Å². The van der Waals surface area contributed by atoms with Crippen LogP contribution in [0, 0.1) is 0 Å². The Bertz CT molecular complexity index is 1300. The molecule has 6 aliphatic heterocycles. The third-order valence-electron chi connectivity index (χ3n) is 8.13. The highest BCUT2D eigenvalue weighted by atomic mass is 79.9. The van der Waals surface area contributed by atoms with Crippen molar-refractivity contribution in [3.05, 3.63) is 53.1 Å². The van der Waals surface area contributed by atoms with Gasteiger partial charge in [0.25, 0.3) is 5.91 Å². The molecule has 1 amide bonds. The molecule has 0 aromatic heterocycles. The average Bonchev–Trinajstić information content (AvgIpc) is 3.68. The van der Waals surface area contributed by atoms with Gasteiger partial charge in [0.15, 0.2) is 18.2 Å². The van der Waals surface area contributed by atoms with E-state index >= 15 is 0 Å². The molecule has 232 valence electrons. The number of benzene rings is 2. The Morgan fingerprint density at radius 3 is 2.00 bits per heavy atom. The molecule has 6 heterocycles. The second kappa shape index (κ2) is 13.4. The number of amides is 1. The maximum absolute atomic E-state index is 10.9. The Kier molecular flexibility index (Phi) is 9.41. The molecule has 3 N–H and O–H groups in total. The van der Waals surface area contributed by atoms with E-state index in [4.69, 9.17) is 28.4 Å². The topological polar surface area (TPSA) is 112 Å². The number of halogens is 1. The number of carbonyl (C=O) groups is 1. The van der Waals surface area contributed by atoms with E-state index in [-0.39, 0.29) is 24.1 Å². The van der Waals surface area contributed by atoms with Crippen LogP contribution in [0.2, 0.25) is 0 Å². The van der Waals surface area contributed by atoms with Crippen molar-refractivity contribution < 1.29 is 33.2 Å². The van der Waals surface area contributed by atoms with Crippen LogP contribution in [0.1, 0.15) is 25.7 Å². The average molecular weight is 660 g/mol. The molecule has 12 heteroatoms. The third kappa shape index (κ3) is 7.44. The Hall–Kier alpha value is -2.87. The highest BCUT2D eigenvalue weighted by Gasteiger charge is 2.40. The number of anilines is 3. The second-order valence-corrected chi connectivity index (χ2v) is 12.0. The molecule has 6 aliphatic rings. The van der Waals surface area contributed by atoms with Crippen LogP contribution in [0.15, 0.2) is 53.1 Å². The highest BCUT2D eigenvalue weighted by Crippen LogP contribution is 2.37. The lowest BCUT2D eigenvalue weighted by molar-refractivity contribution is -0.172. The number of hydrogen-bond acceptors (Lipinski definition) is 10. The lowest BCUT2D eigenvalue weighted by Gasteiger charge is -2.39. The van der Waals surface area contributed by atoms with Gasteiger partial charge in [0.1, 0.15) is 18.1 Å². The summed E-state index contributed by atoms with van der Waals surface area (Å²) < 4.78 is 34.3. The van der Waals surface area contributed by atoms with Crippen molar-refractivity contribution in [1.29, 1.82) is 0 Å². The highest BCUT2D eigenvalue weighted by molar-refractivity contribution is 9.10. The molecular formula is C31H39BrN4O7. The minimum absolute atomic E-state index is 0.106. The van der Waals surface area contributed by atoms with Crippen LogP contribution in [0.4, 0.5) is 17.1 Å². The van der Waals surface area contributed by atoms with Crippen LogP contribution in [0.3, 0.4) is 0 Å². The molecule has 0 bridgehead atoms. The first-order valence-electron chi connectivity index (χ1n) is 14.9. The van der Waals surface area contributed by atoms with Crippen LogP contribution >= 0.6 is 15.9 Å². The predicted molar refractivity (Wildman–Crippen MR) is 166 cm³/mol. The minimum atomic E-state index is -0.319. The van der Waals surface area contributed by atoms with Crippen molar-refractivity contribution in [3.8, 4) is 11.5 Å². The summed E-state index contributed by atoms with van der Waals surface area (Å²) in [4.78, 5) is 13.3. The molecular weight excluding hydrogens is 620 g/mol. The van der Waals surface area contributed by atoms with Gasteiger partial charge >= 0.3 is 0 Å². The zero-order valence-corrected chi connectivity index (χ0v) is 25.8. The summed E-state index contributed by atoms with van der Waals surface area (Å²) in [6.07, 6.45) is 3.85. The van der Waals surface area contributed by atoms with E-state index in [2.05, 4.69) is 55.5 Å². The molecule has 0 aliphatic carbocycles. The van der Waals surface area contributed by atoms with Gasteiger partial charge in [-0.05, 0) is 36.4 Å². The molecule has 0 unspecified atom stereocenters. The number of hydrogen-bond donors (Lipinski definition) is 3. The SMILES string of the molecule is C1CC2(CCN1)OCCO2.C=C1COc2ccc(N3CCC4(CC3)OCCO4)cc2N1.O=C1COc2ccc(Br)cc2N1. The Morgan fingerprint density at radius 1 is 0.744 bits per heavy atom. The first kappa shape index (κ1) is 30.2. The molecule has 4 fully saturated rings. The fraction of sp³-hybridized carbons (Fsp3) is 0.516. The predicted octanol–water partition coefficient (Wildman–Crippen LogP) is 4.24. The number of nitrogens with one attached hydrogen (secondary N) is 3. The monoisotopic (exact) mass is 658 g/mol. The summed E-state index contributed by atoms with van der Waals surface area (Å²) >= 11 is 3.30. The van der Waals surface area contributed by atoms with Crippen molar-refractivity contribution in [2.24, 2.45) is 0 Å². The van der Waals surface area contributed by atoms with Gasteiger partial charge in [0.2, 0.25) is 0 Å². The van der Waals surface area contributed by atoms with E-state index in [1.165, 1.54) is 5.69 Å². The van der Waals surface area contributed by atoms with Crippen molar-refractivity contribution in [1.82, 2.24) is 5.32 Å². The second-order valence-electron chi connectivity index (χ2n) is 11.1. The van der Waals surface area contributed by atoms with Crippen molar-refractivity contribution in [3.63, 3.8) is 0 Å². The van der Waals surface area contributed by atoms with Crippen molar-refractivity contribution in [2.45, 2.75) is 37.3 Å². The number of carbonyl (C=O) groups excluding carboxylic acids is 1. The van der Waals surface area contributed by atoms with Gasteiger partial charge in [-0.25, -0.2) is 0 Å². The summed E-state index contributed by atoms with van der Waals surface area (Å²) in [5.41, 5.74) is 3.82. The fourth-order valence-electron chi connectivity index (χ4n) is 5.87. The quantitative estimate of drug-likeness (QED) is 0.411. The smallest absolute Gasteiger partial charge is 0.262 e. The Labute approximate surface area is 260 Å². The first-order valence-corrected chi connectivity index (χ1v) is 15.7. The van der Waals surface area contributed by atoms with Gasteiger partial charge < -0.3 is 49.3 Å². The van der Waals surface area contributed by atoms with Crippen LogP contribution in [-0.2, 0) is 23.7 Å². The van der Waals surface area contributed by atoms with E-state index in [9.17, 15) is 4.79 Å². The molecule has 2 aromatic carbocycles. The summed E-state index contributed by atoms with van der Waals surface area (Å²) in [6.45, 7) is 11.5. The fourth-order valence-corrected chi connectivity index (χ4v) is 6.23. The number of rotatable bonds is 1. The van der Waals surface area contributed by atoms with Gasteiger partial charge in [-0.15, -0.1) is 0 Å².